The minimum atomic E-state index is -0.325. The van der Waals surface area contributed by atoms with Gasteiger partial charge in [0.1, 0.15) is 4.99 Å². The molecule has 0 atom stereocenters. The van der Waals surface area contributed by atoms with Crippen LogP contribution in [0.3, 0.4) is 0 Å². The fraction of sp³-hybridized carbons (Fsp3) is 0.385. The number of amides is 1. The van der Waals surface area contributed by atoms with Crippen LogP contribution in [0.2, 0.25) is 0 Å². The van der Waals surface area contributed by atoms with Crippen molar-refractivity contribution in [3.8, 4) is 0 Å². The Kier molecular flexibility index (Phi) is 5.25. The van der Waals surface area contributed by atoms with Gasteiger partial charge in [-0.3, -0.25) is 9.69 Å². The molecule has 0 aliphatic carbocycles. The molecule has 0 saturated heterocycles. The van der Waals surface area contributed by atoms with Crippen LogP contribution in [0.1, 0.15) is 25.0 Å². The lowest BCUT2D eigenvalue weighted by atomic mass is 10.1. The van der Waals surface area contributed by atoms with Crippen LogP contribution in [0.15, 0.2) is 24.3 Å². The lowest BCUT2D eigenvalue weighted by Gasteiger charge is -2.25. The first kappa shape index (κ1) is 14.6. The summed E-state index contributed by atoms with van der Waals surface area (Å²) in [6.45, 7) is 4.95. The summed E-state index contributed by atoms with van der Waals surface area (Å²) in [5, 5.41) is 0. The number of nitrogens with zero attached hydrogens (tertiary/aromatic N) is 1. The summed E-state index contributed by atoms with van der Waals surface area (Å²) in [6, 6.07) is 7.95. The Labute approximate surface area is 113 Å². The van der Waals surface area contributed by atoms with Crippen molar-refractivity contribution in [1.82, 2.24) is 4.90 Å². The van der Waals surface area contributed by atoms with Gasteiger partial charge in [0.15, 0.2) is 0 Å². The van der Waals surface area contributed by atoms with Crippen LogP contribution in [0, 0.1) is 0 Å². The second-order valence-corrected chi connectivity index (χ2v) is 4.97. The zero-order valence-corrected chi connectivity index (χ0v) is 11.5. The third kappa shape index (κ3) is 4.43. The maximum absolute atomic E-state index is 11.0. The van der Waals surface area contributed by atoms with Gasteiger partial charge < -0.3 is 11.5 Å². The van der Waals surface area contributed by atoms with Gasteiger partial charge in [0.2, 0.25) is 5.91 Å². The Bertz CT molecular complexity index is 446. The Morgan fingerprint density at radius 2 is 2.06 bits per heavy atom. The van der Waals surface area contributed by atoms with Crippen molar-refractivity contribution in [3.63, 3.8) is 0 Å². The molecule has 0 aliphatic rings. The molecule has 1 amide bonds. The van der Waals surface area contributed by atoms with E-state index in [0.29, 0.717) is 11.5 Å². The minimum Gasteiger partial charge on any atom is -0.389 e. The van der Waals surface area contributed by atoms with E-state index in [0.717, 1.165) is 11.1 Å². The van der Waals surface area contributed by atoms with Crippen LogP contribution in [-0.2, 0) is 11.3 Å². The van der Waals surface area contributed by atoms with Crippen molar-refractivity contribution < 1.29 is 4.79 Å². The summed E-state index contributed by atoms with van der Waals surface area (Å²) in [4.78, 5) is 13.4. The number of rotatable bonds is 6. The average molecular weight is 265 g/mol. The van der Waals surface area contributed by atoms with Crippen molar-refractivity contribution in [3.05, 3.63) is 35.4 Å². The van der Waals surface area contributed by atoms with Gasteiger partial charge >= 0.3 is 0 Å². The molecular formula is C13H19N3OS. The standard InChI is InChI=1S/C13H19N3OS/c1-9(2)16(8-12(14)17)7-10-4-3-5-11(6-10)13(15)18/h3-6,9H,7-8H2,1-2H3,(H2,14,17)(H2,15,18). The van der Waals surface area contributed by atoms with Gasteiger partial charge in [-0.25, -0.2) is 0 Å². The fourth-order valence-corrected chi connectivity index (χ4v) is 1.81. The first-order valence-corrected chi connectivity index (χ1v) is 6.22. The number of benzene rings is 1. The molecule has 18 heavy (non-hydrogen) atoms. The van der Waals surface area contributed by atoms with E-state index in [9.17, 15) is 4.79 Å². The number of hydrogen-bond donors (Lipinski definition) is 2. The largest absolute Gasteiger partial charge is 0.389 e. The maximum atomic E-state index is 11.0. The summed E-state index contributed by atoms with van der Waals surface area (Å²) in [5.41, 5.74) is 12.7. The summed E-state index contributed by atoms with van der Waals surface area (Å²) in [5.74, 6) is -0.325. The summed E-state index contributed by atoms with van der Waals surface area (Å²) in [7, 11) is 0. The maximum Gasteiger partial charge on any atom is 0.231 e. The molecule has 0 unspecified atom stereocenters. The number of carbonyl (C=O) groups is 1. The molecule has 0 bridgehead atoms. The third-order valence-corrected chi connectivity index (χ3v) is 2.92. The fourth-order valence-electron chi connectivity index (χ4n) is 1.68. The average Bonchev–Trinajstić information content (AvgIpc) is 2.27. The Hall–Kier alpha value is -1.46. The van der Waals surface area contributed by atoms with Crippen LogP contribution in [0.25, 0.3) is 0 Å². The molecule has 1 aromatic rings. The second kappa shape index (κ2) is 6.47. The first-order valence-electron chi connectivity index (χ1n) is 5.81. The SMILES string of the molecule is CC(C)N(CC(N)=O)Cc1cccc(C(N)=S)c1. The second-order valence-electron chi connectivity index (χ2n) is 4.53. The summed E-state index contributed by atoms with van der Waals surface area (Å²) >= 11 is 4.95. The molecule has 0 fully saturated rings. The van der Waals surface area contributed by atoms with E-state index in [1.54, 1.807) is 0 Å². The van der Waals surface area contributed by atoms with Gasteiger partial charge in [-0.1, -0.05) is 30.4 Å². The van der Waals surface area contributed by atoms with E-state index >= 15 is 0 Å². The van der Waals surface area contributed by atoms with Gasteiger partial charge in [0.25, 0.3) is 0 Å². The first-order chi connectivity index (χ1) is 8.40. The number of primary amides is 1. The van der Waals surface area contributed by atoms with Crippen molar-refractivity contribution in [1.29, 1.82) is 0 Å². The van der Waals surface area contributed by atoms with E-state index in [1.807, 2.05) is 43.0 Å². The third-order valence-electron chi connectivity index (χ3n) is 2.69. The number of thiocarbonyl (C=S) groups is 1. The topological polar surface area (TPSA) is 72.3 Å². The molecule has 98 valence electrons. The van der Waals surface area contributed by atoms with Crippen molar-refractivity contribution in [2.24, 2.45) is 11.5 Å². The van der Waals surface area contributed by atoms with Crippen LogP contribution in [-0.4, -0.2) is 28.4 Å². The van der Waals surface area contributed by atoms with E-state index < -0.39 is 0 Å². The molecular weight excluding hydrogens is 246 g/mol. The van der Waals surface area contributed by atoms with Crippen molar-refractivity contribution in [2.45, 2.75) is 26.4 Å². The van der Waals surface area contributed by atoms with Crippen LogP contribution in [0.4, 0.5) is 0 Å². The van der Waals surface area contributed by atoms with E-state index in [4.69, 9.17) is 23.7 Å². The van der Waals surface area contributed by atoms with E-state index in [-0.39, 0.29) is 18.5 Å². The normalized spacial score (nSPS) is 10.9. The molecule has 1 rings (SSSR count). The minimum absolute atomic E-state index is 0.242. The van der Waals surface area contributed by atoms with E-state index in [1.165, 1.54) is 0 Å². The highest BCUT2D eigenvalue weighted by Crippen LogP contribution is 2.10. The van der Waals surface area contributed by atoms with Crippen LogP contribution < -0.4 is 11.5 Å². The highest BCUT2D eigenvalue weighted by Gasteiger charge is 2.13. The molecule has 0 aromatic heterocycles. The Morgan fingerprint density at radius 1 is 1.39 bits per heavy atom. The van der Waals surface area contributed by atoms with Crippen molar-refractivity contribution >= 4 is 23.1 Å². The Balaban J connectivity index is 2.83. The Morgan fingerprint density at radius 3 is 2.56 bits per heavy atom. The zero-order valence-electron chi connectivity index (χ0n) is 10.7. The highest BCUT2D eigenvalue weighted by molar-refractivity contribution is 7.80. The van der Waals surface area contributed by atoms with Gasteiger partial charge in [0.05, 0.1) is 6.54 Å². The zero-order chi connectivity index (χ0) is 13.7. The smallest absolute Gasteiger partial charge is 0.231 e. The highest BCUT2D eigenvalue weighted by atomic mass is 32.1. The summed E-state index contributed by atoms with van der Waals surface area (Å²) < 4.78 is 0. The molecule has 0 saturated carbocycles. The van der Waals surface area contributed by atoms with Gasteiger partial charge in [-0.05, 0) is 25.5 Å². The predicted octanol–water partition coefficient (Wildman–Crippen LogP) is 1.02. The monoisotopic (exact) mass is 265 g/mol. The number of nitrogens with two attached hydrogens (primary N) is 2. The van der Waals surface area contributed by atoms with Gasteiger partial charge in [-0.2, -0.15) is 0 Å². The molecule has 0 radical (unpaired) electrons. The van der Waals surface area contributed by atoms with Crippen molar-refractivity contribution in [2.75, 3.05) is 6.54 Å². The van der Waals surface area contributed by atoms with Crippen LogP contribution >= 0.6 is 12.2 Å². The van der Waals surface area contributed by atoms with Gasteiger partial charge in [-0.15, -0.1) is 0 Å². The number of carbonyl (C=O) groups excluding carboxylic acids is 1. The molecule has 5 heteroatoms. The lowest BCUT2D eigenvalue weighted by Crippen LogP contribution is -2.38. The summed E-state index contributed by atoms with van der Waals surface area (Å²) in [6.07, 6.45) is 0. The lowest BCUT2D eigenvalue weighted by molar-refractivity contribution is -0.119. The molecule has 0 heterocycles. The van der Waals surface area contributed by atoms with Gasteiger partial charge in [0, 0.05) is 18.2 Å². The van der Waals surface area contributed by atoms with E-state index in [2.05, 4.69) is 0 Å². The predicted molar refractivity (Wildman–Crippen MR) is 77.1 cm³/mol. The molecule has 4 N–H and O–H groups in total. The number of hydrogen-bond acceptors (Lipinski definition) is 3. The molecule has 1 aromatic carbocycles. The molecule has 4 nitrogen and oxygen atoms in total. The molecule has 0 aliphatic heterocycles. The molecule has 0 spiro atoms. The van der Waals surface area contributed by atoms with Crippen LogP contribution in [0.5, 0.6) is 0 Å². The quantitative estimate of drug-likeness (QED) is 0.753.